The van der Waals surface area contributed by atoms with Crippen LogP contribution in [0.3, 0.4) is 0 Å². The summed E-state index contributed by atoms with van der Waals surface area (Å²) in [5, 5.41) is 8.23. The van der Waals surface area contributed by atoms with Crippen LogP contribution in [0.4, 0.5) is 5.69 Å². The number of nitrogens with one attached hydrogen (secondary N) is 1. The molecular formula is C13H10Cl2N2O3S. The molecule has 0 saturated heterocycles. The summed E-state index contributed by atoms with van der Waals surface area (Å²) in [6, 6.07) is 9.97. The van der Waals surface area contributed by atoms with Crippen molar-refractivity contribution in [3.8, 4) is 0 Å². The lowest BCUT2D eigenvalue weighted by Crippen LogP contribution is -2.14. The average molecular weight is 345 g/mol. The number of primary sulfonamides is 1. The number of nitrogens with two attached hydrogens (primary N) is 1. The monoisotopic (exact) mass is 344 g/mol. The Morgan fingerprint density at radius 2 is 1.67 bits per heavy atom. The van der Waals surface area contributed by atoms with E-state index in [9.17, 15) is 13.2 Å². The highest BCUT2D eigenvalue weighted by atomic mass is 35.5. The highest BCUT2D eigenvalue weighted by Gasteiger charge is 2.12. The number of halogens is 2. The van der Waals surface area contributed by atoms with E-state index in [4.69, 9.17) is 28.3 Å². The number of hydrogen-bond donors (Lipinski definition) is 2. The summed E-state index contributed by atoms with van der Waals surface area (Å²) in [5.74, 6) is -0.431. The van der Waals surface area contributed by atoms with E-state index in [1.165, 1.54) is 36.4 Å². The highest BCUT2D eigenvalue weighted by Crippen LogP contribution is 2.22. The smallest absolute Gasteiger partial charge is 0.257 e. The first-order valence-electron chi connectivity index (χ1n) is 5.66. The maximum Gasteiger partial charge on any atom is 0.257 e. The Morgan fingerprint density at radius 1 is 1.05 bits per heavy atom. The number of hydrogen-bond acceptors (Lipinski definition) is 3. The summed E-state index contributed by atoms with van der Waals surface area (Å²) in [4.78, 5) is 12.0. The van der Waals surface area contributed by atoms with Crippen molar-refractivity contribution >= 4 is 44.8 Å². The number of sulfonamides is 1. The third kappa shape index (κ3) is 3.95. The van der Waals surface area contributed by atoms with Crippen LogP contribution in [-0.2, 0) is 10.0 Å². The summed E-state index contributed by atoms with van der Waals surface area (Å²) < 4.78 is 22.2. The molecule has 0 radical (unpaired) electrons. The molecule has 2 rings (SSSR count). The molecule has 8 heteroatoms. The van der Waals surface area contributed by atoms with E-state index in [0.717, 1.165) is 0 Å². The van der Waals surface area contributed by atoms with Gasteiger partial charge in [0.1, 0.15) is 0 Å². The molecule has 0 atom stereocenters. The molecule has 3 N–H and O–H groups in total. The largest absolute Gasteiger partial charge is 0.322 e. The SMILES string of the molecule is NS(=O)(=O)c1ccc(NC(=O)c2ccc(Cl)cc2Cl)cc1. The zero-order valence-corrected chi connectivity index (χ0v) is 12.8. The van der Waals surface area contributed by atoms with Crippen molar-refractivity contribution < 1.29 is 13.2 Å². The van der Waals surface area contributed by atoms with Gasteiger partial charge >= 0.3 is 0 Å². The van der Waals surface area contributed by atoms with Crippen LogP contribution in [0.2, 0.25) is 10.0 Å². The second-order valence-electron chi connectivity index (χ2n) is 4.15. The Hall–Kier alpha value is -1.60. The fourth-order valence-electron chi connectivity index (χ4n) is 1.60. The van der Waals surface area contributed by atoms with Crippen LogP contribution < -0.4 is 10.5 Å². The van der Waals surface area contributed by atoms with E-state index in [1.54, 1.807) is 6.07 Å². The van der Waals surface area contributed by atoms with Crippen molar-refractivity contribution in [2.24, 2.45) is 5.14 Å². The lowest BCUT2D eigenvalue weighted by Gasteiger charge is -2.07. The van der Waals surface area contributed by atoms with Crippen molar-refractivity contribution in [2.75, 3.05) is 5.32 Å². The normalized spacial score (nSPS) is 11.2. The molecule has 0 aliphatic carbocycles. The summed E-state index contributed by atoms with van der Waals surface area (Å²) in [7, 11) is -3.76. The van der Waals surface area contributed by atoms with Crippen molar-refractivity contribution in [2.45, 2.75) is 4.90 Å². The van der Waals surface area contributed by atoms with E-state index in [1.807, 2.05) is 0 Å². The third-order valence-electron chi connectivity index (χ3n) is 2.62. The van der Waals surface area contributed by atoms with E-state index in [0.29, 0.717) is 10.7 Å². The molecule has 2 aromatic carbocycles. The number of carbonyl (C=O) groups is 1. The Bertz CT molecular complexity index is 790. The zero-order valence-electron chi connectivity index (χ0n) is 10.5. The topological polar surface area (TPSA) is 89.3 Å². The predicted octanol–water partition coefficient (Wildman–Crippen LogP) is 2.89. The standard InChI is InChI=1S/C13H10Cl2N2O3S/c14-8-1-6-11(12(15)7-8)13(18)17-9-2-4-10(5-3-9)21(16,19)20/h1-7H,(H,17,18)(H2,16,19,20). The Balaban J connectivity index is 2.20. The molecule has 110 valence electrons. The summed E-state index contributed by atoms with van der Waals surface area (Å²) in [6.07, 6.45) is 0. The Labute approximate surface area is 131 Å². The molecule has 2 aromatic rings. The first-order valence-corrected chi connectivity index (χ1v) is 7.97. The number of carbonyl (C=O) groups excluding carboxylic acids is 1. The van der Waals surface area contributed by atoms with Crippen LogP contribution in [0.15, 0.2) is 47.4 Å². The predicted molar refractivity (Wildman–Crippen MR) is 82.2 cm³/mol. The van der Waals surface area contributed by atoms with Gasteiger partial charge in [-0.15, -0.1) is 0 Å². The van der Waals surface area contributed by atoms with Crippen molar-refractivity contribution in [1.82, 2.24) is 0 Å². The molecule has 0 heterocycles. The van der Waals surface area contributed by atoms with Crippen molar-refractivity contribution in [1.29, 1.82) is 0 Å². The van der Waals surface area contributed by atoms with Crippen molar-refractivity contribution in [3.05, 3.63) is 58.1 Å². The van der Waals surface area contributed by atoms with Gasteiger partial charge in [0.25, 0.3) is 5.91 Å². The van der Waals surface area contributed by atoms with Gasteiger partial charge < -0.3 is 5.32 Å². The van der Waals surface area contributed by atoms with Gasteiger partial charge in [-0.05, 0) is 42.5 Å². The molecule has 5 nitrogen and oxygen atoms in total. The zero-order chi connectivity index (χ0) is 15.6. The van der Waals surface area contributed by atoms with Crippen LogP contribution in [0.25, 0.3) is 0 Å². The van der Waals surface area contributed by atoms with Gasteiger partial charge in [-0.25, -0.2) is 13.6 Å². The Kier molecular flexibility index (Phi) is 4.53. The summed E-state index contributed by atoms with van der Waals surface area (Å²) in [6.45, 7) is 0. The highest BCUT2D eigenvalue weighted by molar-refractivity contribution is 7.89. The molecular weight excluding hydrogens is 335 g/mol. The van der Waals surface area contributed by atoms with Gasteiger partial charge in [-0.2, -0.15) is 0 Å². The molecule has 0 aromatic heterocycles. The molecule has 0 fully saturated rings. The summed E-state index contributed by atoms with van der Waals surface area (Å²) >= 11 is 11.7. The lowest BCUT2D eigenvalue weighted by atomic mass is 10.2. The van der Waals surface area contributed by atoms with E-state index < -0.39 is 15.9 Å². The van der Waals surface area contributed by atoms with Gasteiger partial charge in [0.2, 0.25) is 10.0 Å². The second-order valence-corrected chi connectivity index (χ2v) is 6.55. The molecule has 0 spiro atoms. The first-order chi connectivity index (χ1) is 9.77. The van der Waals surface area contributed by atoms with E-state index in [2.05, 4.69) is 5.32 Å². The van der Waals surface area contributed by atoms with Gasteiger partial charge in [0.15, 0.2) is 0 Å². The molecule has 0 unspecified atom stereocenters. The average Bonchev–Trinajstić information content (AvgIpc) is 2.38. The van der Waals surface area contributed by atoms with E-state index >= 15 is 0 Å². The fraction of sp³-hybridized carbons (Fsp3) is 0. The number of benzene rings is 2. The van der Waals surface area contributed by atoms with Crippen LogP contribution >= 0.6 is 23.2 Å². The molecule has 0 saturated carbocycles. The van der Waals surface area contributed by atoms with Gasteiger partial charge in [-0.3, -0.25) is 4.79 Å². The minimum absolute atomic E-state index is 0.0370. The molecule has 0 aliphatic heterocycles. The lowest BCUT2D eigenvalue weighted by molar-refractivity contribution is 0.102. The maximum atomic E-state index is 12.0. The second kappa shape index (κ2) is 6.03. The van der Waals surface area contributed by atoms with Gasteiger partial charge in [0, 0.05) is 10.7 Å². The van der Waals surface area contributed by atoms with Crippen LogP contribution in [-0.4, -0.2) is 14.3 Å². The summed E-state index contributed by atoms with van der Waals surface area (Å²) in [5.41, 5.74) is 0.676. The quantitative estimate of drug-likeness (QED) is 0.896. The molecule has 0 aliphatic rings. The van der Waals surface area contributed by atoms with Gasteiger partial charge in [-0.1, -0.05) is 23.2 Å². The minimum Gasteiger partial charge on any atom is -0.322 e. The maximum absolute atomic E-state index is 12.0. The third-order valence-corrected chi connectivity index (χ3v) is 4.09. The van der Waals surface area contributed by atoms with E-state index in [-0.39, 0.29) is 15.5 Å². The van der Waals surface area contributed by atoms with Crippen LogP contribution in [0.5, 0.6) is 0 Å². The van der Waals surface area contributed by atoms with Crippen LogP contribution in [0, 0.1) is 0 Å². The minimum atomic E-state index is -3.76. The Morgan fingerprint density at radius 3 is 2.19 bits per heavy atom. The molecule has 1 amide bonds. The number of rotatable bonds is 3. The fourth-order valence-corrected chi connectivity index (χ4v) is 2.61. The molecule has 0 bridgehead atoms. The van der Waals surface area contributed by atoms with Gasteiger partial charge in [0.05, 0.1) is 15.5 Å². The number of anilines is 1. The molecule has 21 heavy (non-hydrogen) atoms. The number of amides is 1. The first kappa shape index (κ1) is 15.8. The van der Waals surface area contributed by atoms with Crippen LogP contribution in [0.1, 0.15) is 10.4 Å². The van der Waals surface area contributed by atoms with Crippen molar-refractivity contribution in [3.63, 3.8) is 0 Å².